The van der Waals surface area contributed by atoms with Crippen LogP contribution >= 0.6 is 0 Å². The van der Waals surface area contributed by atoms with Crippen molar-refractivity contribution in [3.63, 3.8) is 0 Å². The Kier molecular flexibility index (Phi) is 6.53. The van der Waals surface area contributed by atoms with Crippen molar-refractivity contribution in [3.05, 3.63) is 94.9 Å². The summed E-state index contributed by atoms with van der Waals surface area (Å²) < 4.78 is 31.1. The van der Waals surface area contributed by atoms with Crippen LogP contribution in [-0.4, -0.2) is 37.1 Å². The van der Waals surface area contributed by atoms with Crippen molar-refractivity contribution in [3.8, 4) is 28.7 Å². The van der Waals surface area contributed by atoms with Crippen molar-refractivity contribution < 1.29 is 33.3 Å². The molecule has 1 aromatic heterocycles. The molecule has 6 rings (SSSR count). The molecule has 4 aromatic rings. The lowest BCUT2D eigenvalue weighted by Crippen LogP contribution is -2.22. The number of Topliss-reactive ketones (excluding diaryl/α,β-unsaturated/α-hetero) is 1. The van der Waals surface area contributed by atoms with Crippen LogP contribution in [0.25, 0.3) is 17.0 Å². The summed E-state index contributed by atoms with van der Waals surface area (Å²) in [6.45, 7) is 6.08. The Bertz CT molecular complexity index is 1780. The van der Waals surface area contributed by atoms with Crippen molar-refractivity contribution in [2.45, 2.75) is 19.3 Å². The fourth-order valence-corrected chi connectivity index (χ4v) is 5.47. The molecule has 8 nitrogen and oxygen atoms in total. The highest BCUT2D eigenvalue weighted by Gasteiger charge is 2.40. The number of aromatic nitrogens is 1. The standard InChI is InChI=1S/C33H29NO7/c1-18(2)17-39-32-21(7-6-8-27(32)38-5)24-15-29(35)40-26-12-10-22-31(36)28(41-33(22)30(24)26)13-19-16-34(3)25-11-9-20(37-4)14-23(19)25/h6-14,16,24H,1,15,17H2,2-5H3. The monoisotopic (exact) mass is 551 g/mol. The highest BCUT2D eigenvalue weighted by molar-refractivity contribution is 6.15. The number of nitrogens with zero attached hydrogens (tertiary/aromatic N) is 1. The maximum atomic E-state index is 13.6. The summed E-state index contributed by atoms with van der Waals surface area (Å²) >= 11 is 0. The summed E-state index contributed by atoms with van der Waals surface area (Å²) in [4.78, 5) is 26.4. The normalized spacial score (nSPS) is 16.7. The van der Waals surface area contributed by atoms with Gasteiger partial charge in [0.05, 0.1) is 26.2 Å². The molecular weight excluding hydrogens is 522 g/mol. The Morgan fingerprint density at radius 2 is 1.93 bits per heavy atom. The molecule has 0 aliphatic carbocycles. The van der Waals surface area contributed by atoms with Gasteiger partial charge in [0.15, 0.2) is 17.3 Å². The number of aryl methyl sites for hydroxylation is 1. The zero-order valence-corrected chi connectivity index (χ0v) is 23.3. The maximum absolute atomic E-state index is 13.6. The molecular formula is C33H29NO7. The van der Waals surface area contributed by atoms with Gasteiger partial charge in [0.2, 0.25) is 5.78 Å². The van der Waals surface area contributed by atoms with Crippen molar-refractivity contribution in [2.24, 2.45) is 7.05 Å². The van der Waals surface area contributed by atoms with Crippen LogP contribution in [0.15, 0.2) is 72.6 Å². The van der Waals surface area contributed by atoms with Crippen molar-refractivity contribution in [1.82, 2.24) is 4.57 Å². The molecule has 0 amide bonds. The summed E-state index contributed by atoms with van der Waals surface area (Å²) in [5, 5.41) is 0.927. The predicted molar refractivity (Wildman–Crippen MR) is 154 cm³/mol. The summed E-state index contributed by atoms with van der Waals surface area (Å²) in [6, 6.07) is 14.6. The van der Waals surface area contributed by atoms with Crippen LogP contribution in [0.2, 0.25) is 0 Å². The van der Waals surface area contributed by atoms with E-state index in [-0.39, 0.29) is 30.5 Å². The largest absolute Gasteiger partial charge is 0.497 e. The third-order valence-corrected chi connectivity index (χ3v) is 7.36. The van der Waals surface area contributed by atoms with Crippen LogP contribution in [0, 0.1) is 0 Å². The van der Waals surface area contributed by atoms with Gasteiger partial charge in [-0.2, -0.15) is 0 Å². The van der Waals surface area contributed by atoms with E-state index in [1.165, 1.54) is 0 Å². The summed E-state index contributed by atoms with van der Waals surface area (Å²) in [5.74, 6) is 1.53. The van der Waals surface area contributed by atoms with E-state index in [1.54, 1.807) is 38.5 Å². The number of fused-ring (bicyclic) bond motifs is 4. The third-order valence-electron chi connectivity index (χ3n) is 7.36. The lowest BCUT2D eigenvalue weighted by atomic mass is 9.84. The Labute approximate surface area is 237 Å². The molecule has 8 heteroatoms. The van der Waals surface area contributed by atoms with Gasteiger partial charge in [-0.1, -0.05) is 18.7 Å². The SMILES string of the molecule is C=C(C)COc1c(OC)cccc1C1CC(=O)Oc2ccc3c(c21)OC(=Cc1cn(C)c2ccc(OC)cc12)C3=O. The van der Waals surface area contributed by atoms with Gasteiger partial charge in [-0.05, 0) is 55.0 Å². The van der Waals surface area contributed by atoms with Gasteiger partial charge < -0.3 is 28.3 Å². The third kappa shape index (κ3) is 4.51. The molecule has 2 aliphatic rings. The van der Waals surface area contributed by atoms with E-state index in [9.17, 15) is 9.59 Å². The molecule has 41 heavy (non-hydrogen) atoms. The second-order valence-corrected chi connectivity index (χ2v) is 10.2. The predicted octanol–water partition coefficient (Wildman–Crippen LogP) is 6.21. The number of hydrogen-bond donors (Lipinski definition) is 0. The van der Waals surface area contributed by atoms with Gasteiger partial charge in [-0.15, -0.1) is 0 Å². The van der Waals surface area contributed by atoms with Crippen molar-refractivity contribution in [1.29, 1.82) is 0 Å². The van der Waals surface area contributed by atoms with Gasteiger partial charge >= 0.3 is 5.97 Å². The van der Waals surface area contributed by atoms with E-state index >= 15 is 0 Å². The molecule has 3 heterocycles. The van der Waals surface area contributed by atoms with Gasteiger partial charge in [0.25, 0.3) is 0 Å². The Morgan fingerprint density at radius 1 is 1.10 bits per heavy atom. The average Bonchev–Trinajstić information content (AvgIpc) is 3.45. The number of ketones is 1. The first-order chi connectivity index (χ1) is 19.8. The van der Waals surface area contributed by atoms with Crippen LogP contribution < -0.4 is 23.7 Å². The molecule has 0 saturated carbocycles. The van der Waals surface area contributed by atoms with E-state index < -0.39 is 5.92 Å². The Balaban J connectivity index is 1.47. The minimum atomic E-state index is -0.495. The van der Waals surface area contributed by atoms with Gasteiger partial charge in [-0.3, -0.25) is 9.59 Å². The zero-order chi connectivity index (χ0) is 28.8. The van der Waals surface area contributed by atoms with Crippen LogP contribution in [-0.2, 0) is 11.8 Å². The number of ether oxygens (including phenoxy) is 5. The number of esters is 1. The van der Waals surface area contributed by atoms with Crippen LogP contribution in [0.4, 0.5) is 0 Å². The van der Waals surface area contributed by atoms with Crippen LogP contribution in [0.3, 0.4) is 0 Å². The molecule has 3 aromatic carbocycles. The molecule has 0 fully saturated rings. The van der Waals surface area contributed by atoms with E-state index in [4.69, 9.17) is 23.7 Å². The van der Waals surface area contributed by atoms with Gasteiger partial charge in [0, 0.05) is 46.8 Å². The zero-order valence-electron chi connectivity index (χ0n) is 23.3. The van der Waals surface area contributed by atoms with E-state index in [2.05, 4.69) is 6.58 Å². The summed E-state index contributed by atoms with van der Waals surface area (Å²) in [5.41, 5.74) is 4.39. The topological polar surface area (TPSA) is 85.2 Å². The molecule has 0 spiro atoms. The average molecular weight is 552 g/mol. The first-order valence-corrected chi connectivity index (χ1v) is 13.2. The molecule has 0 N–H and O–H groups in total. The number of benzene rings is 3. The molecule has 208 valence electrons. The van der Waals surface area contributed by atoms with Crippen LogP contribution in [0.5, 0.6) is 28.7 Å². The minimum Gasteiger partial charge on any atom is -0.497 e. The Hall–Kier alpha value is -4.98. The lowest BCUT2D eigenvalue weighted by molar-refractivity contribution is -0.135. The molecule has 0 radical (unpaired) electrons. The number of rotatable bonds is 7. The fraction of sp³-hybridized carbons (Fsp3) is 0.212. The Morgan fingerprint density at radius 3 is 2.68 bits per heavy atom. The number of carbonyl (C=O) groups excluding carboxylic acids is 2. The van der Waals surface area contributed by atoms with E-state index in [0.29, 0.717) is 39.9 Å². The summed E-state index contributed by atoms with van der Waals surface area (Å²) in [6.07, 6.45) is 3.73. The second-order valence-electron chi connectivity index (χ2n) is 10.2. The first-order valence-electron chi connectivity index (χ1n) is 13.2. The molecule has 0 saturated heterocycles. The van der Waals surface area contributed by atoms with Gasteiger partial charge in [0.1, 0.15) is 23.9 Å². The lowest BCUT2D eigenvalue weighted by Gasteiger charge is -2.28. The molecule has 1 atom stereocenters. The molecule has 2 aliphatic heterocycles. The smallest absolute Gasteiger partial charge is 0.312 e. The summed E-state index contributed by atoms with van der Waals surface area (Å²) in [7, 11) is 5.13. The van der Waals surface area contributed by atoms with Crippen molar-refractivity contribution >= 4 is 28.7 Å². The number of carbonyl (C=O) groups is 2. The quantitative estimate of drug-likeness (QED) is 0.117. The number of methoxy groups -OCH3 is 2. The van der Waals surface area contributed by atoms with E-state index in [1.807, 2.05) is 55.1 Å². The number of hydrogen-bond acceptors (Lipinski definition) is 7. The van der Waals surface area contributed by atoms with Crippen molar-refractivity contribution in [2.75, 3.05) is 20.8 Å². The molecule has 1 unspecified atom stereocenters. The minimum absolute atomic E-state index is 0.0414. The number of allylic oxidation sites excluding steroid dienone is 1. The van der Waals surface area contributed by atoms with Gasteiger partial charge in [-0.25, -0.2) is 0 Å². The highest BCUT2D eigenvalue weighted by Crippen LogP contribution is 2.51. The fourth-order valence-electron chi connectivity index (χ4n) is 5.47. The van der Waals surface area contributed by atoms with E-state index in [0.717, 1.165) is 27.6 Å². The maximum Gasteiger partial charge on any atom is 0.312 e. The second kappa shape index (κ2) is 10.2. The van der Waals surface area contributed by atoms with Crippen LogP contribution in [0.1, 0.15) is 46.3 Å². The highest BCUT2D eigenvalue weighted by atomic mass is 16.5. The number of para-hydroxylation sites is 1. The molecule has 0 bridgehead atoms. The first kappa shape index (κ1) is 26.3.